The van der Waals surface area contributed by atoms with Crippen LogP contribution in [0.5, 0.6) is 5.75 Å². The van der Waals surface area contributed by atoms with Crippen LogP contribution in [0.4, 0.5) is 0 Å². The lowest BCUT2D eigenvalue weighted by Crippen LogP contribution is -2.03. The van der Waals surface area contributed by atoms with Crippen molar-refractivity contribution >= 4 is 21.8 Å². The van der Waals surface area contributed by atoms with Crippen LogP contribution in [0.1, 0.15) is 0 Å². The number of benzene rings is 1. The number of H-pyrrole nitrogens is 1. The zero-order chi connectivity index (χ0) is 12.0. The van der Waals surface area contributed by atoms with Gasteiger partial charge in [0.2, 0.25) is 0 Å². The molecule has 2 heterocycles. The monoisotopic (exact) mass is 228 g/mol. The van der Waals surface area contributed by atoms with Gasteiger partial charge in [0.05, 0.1) is 18.0 Å². The molecule has 0 amide bonds. The standard InChI is InChI=1S/C13H12N2O2/c1-15-10-4-3-8(17-2)7-9(10)12-11(15)5-6-14-13(12)16/h3-7H,1-2H3,(H,14,16). The number of hydrogen-bond acceptors (Lipinski definition) is 2. The minimum atomic E-state index is -0.0682. The Labute approximate surface area is 97.4 Å². The summed E-state index contributed by atoms with van der Waals surface area (Å²) in [4.78, 5) is 14.6. The number of methoxy groups -OCH3 is 1. The molecule has 86 valence electrons. The summed E-state index contributed by atoms with van der Waals surface area (Å²) in [6.07, 6.45) is 1.67. The SMILES string of the molecule is COc1ccc2c(c1)c1c(=O)[nH]ccc1n2C. The van der Waals surface area contributed by atoms with Gasteiger partial charge in [-0.3, -0.25) is 4.79 Å². The number of ether oxygens (including phenoxy) is 1. The van der Waals surface area contributed by atoms with Crippen molar-refractivity contribution in [1.82, 2.24) is 9.55 Å². The molecule has 4 heteroatoms. The van der Waals surface area contributed by atoms with Crippen molar-refractivity contribution in [3.05, 3.63) is 40.8 Å². The van der Waals surface area contributed by atoms with Crippen LogP contribution in [0.2, 0.25) is 0 Å². The molecule has 0 aliphatic carbocycles. The maximum atomic E-state index is 11.9. The van der Waals surface area contributed by atoms with E-state index in [0.29, 0.717) is 5.39 Å². The maximum absolute atomic E-state index is 11.9. The Morgan fingerprint density at radius 2 is 2.06 bits per heavy atom. The molecule has 3 rings (SSSR count). The van der Waals surface area contributed by atoms with Gasteiger partial charge < -0.3 is 14.3 Å². The molecule has 0 atom stereocenters. The predicted octanol–water partition coefficient (Wildman–Crippen LogP) is 2.03. The molecule has 3 aromatic rings. The van der Waals surface area contributed by atoms with Gasteiger partial charge in [-0.05, 0) is 24.3 Å². The van der Waals surface area contributed by atoms with E-state index in [2.05, 4.69) is 4.98 Å². The predicted molar refractivity (Wildman–Crippen MR) is 67.6 cm³/mol. The fraction of sp³-hybridized carbons (Fsp3) is 0.154. The van der Waals surface area contributed by atoms with Gasteiger partial charge in [0.1, 0.15) is 5.75 Å². The number of hydrogen-bond donors (Lipinski definition) is 1. The molecule has 1 N–H and O–H groups in total. The zero-order valence-corrected chi connectivity index (χ0v) is 9.65. The molecule has 17 heavy (non-hydrogen) atoms. The van der Waals surface area contributed by atoms with E-state index in [-0.39, 0.29) is 5.56 Å². The molecule has 4 nitrogen and oxygen atoms in total. The van der Waals surface area contributed by atoms with Crippen molar-refractivity contribution in [3.63, 3.8) is 0 Å². The second-order valence-electron chi connectivity index (χ2n) is 4.01. The summed E-state index contributed by atoms with van der Waals surface area (Å²) in [5.74, 6) is 0.758. The normalized spacial score (nSPS) is 11.2. The first-order valence-electron chi connectivity index (χ1n) is 5.36. The largest absolute Gasteiger partial charge is 0.497 e. The molecule has 0 radical (unpaired) electrons. The molecule has 0 saturated carbocycles. The van der Waals surface area contributed by atoms with Gasteiger partial charge >= 0.3 is 0 Å². The quantitative estimate of drug-likeness (QED) is 0.692. The van der Waals surface area contributed by atoms with E-state index >= 15 is 0 Å². The van der Waals surface area contributed by atoms with Crippen molar-refractivity contribution in [3.8, 4) is 5.75 Å². The van der Waals surface area contributed by atoms with E-state index in [0.717, 1.165) is 22.2 Å². The van der Waals surface area contributed by atoms with Crippen LogP contribution < -0.4 is 10.3 Å². The van der Waals surface area contributed by atoms with Crippen molar-refractivity contribution in [2.45, 2.75) is 0 Å². The molecular weight excluding hydrogens is 216 g/mol. The molecule has 0 spiro atoms. The lowest BCUT2D eigenvalue weighted by molar-refractivity contribution is 0.415. The third-order valence-corrected chi connectivity index (χ3v) is 3.13. The van der Waals surface area contributed by atoms with Gasteiger partial charge in [-0.1, -0.05) is 0 Å². The van der Waals surface area contributed by atoms with Crippen LogP contribution in [-0.4, -0.2) is 16.7 Å². The molecule has 2 aromatic heterocycles. The highest BCUT2D eigenvalue weighted by Crippen LogP contribution is 2.28. The Bertz CT molecular complexity index is 768. The van der Waals surface area contributed by atoms with E-state index in [9.17, 15) is 4.79 Å². The molecule has 0 unspecified atom stereocenters. The van der Waals surface area contributed by atoms with Crippen molar-refractivity contribution in [2.24, 2.45) is 7.05 Å². The highest BCUT2D eigenvalue weighted by molar-refractivity contribution is 6.07. The number of pyridine rings is 1. The number of aromatic amines is 1. The van der Waals surface area contributed by atoms with Crippen LogP contribution >= 0.6 is 0 Å². The fourth-order valence-electron chi connectivity index (χ4n) is 2.27. The first-order valence-corrected chi connectivity index (χ1v) is 5.36. The van der Waals surface area contributed by atoms with Gasteiger partial charge in [-0.15, -0.1) is 0 Å². The molecular formula is C13H12N2O2. The molecule has 0 aliphatic rings. The summed E-state index contributed by atoms with van der Waals surface area (Å²) in [5, 5.41) is 1.63. The van der Waals surface area contributed by atoms with Crippen molar-refractivity contribution in [2.75, 3.05) is 7.11 Å². The van der Waals surface area contributed by atoms with Gasteiger partial charge in [-0.2, -0.15) is 0 Å². The minimum Gasteiger partial charge on any atom is -0.497 e. The lowest BCUT2D eigenvalue weighted by Gasteiger charge is -2.00. The summed E-state index contributed by atoms with van der Waals surface area (Å²) in [5.41, 5.74) is 1.89. The van der Waals surface area contributed by atoms with Crippen LogP contribution in [0, 0.1) is 0 Å². The molecule has 0 fully saturated rings. The lowest BCUT2D eigenvalue weighted by atomic mass is 10.2. The first-order chi connectivity index (χ1) is 8.22. The van der Waals surface area contributed by atoms with E-state index in [1.165, 1.54) is 0 Å². The smallest absolute Gasteiger partial charge is 0.258 e. The Morgan fingerprint density at radius 3 is 2.82 bits per heavy atom. The molecule has 0 aliphatic heterocycles. The molecule has 0 bridgehead atoms. The topological polar surface area (TPSA) is 47.0 Å². The highest BCUT2D eigenvalue weighted by Gasteiger charge is 2.11. The number of aryl methyl sites for hydroxylation is 1. The summed E-state index contributed by atoms with van der Waals surface area (Å²) in [6.45, 7) is 0. The van der Waals surface area contributed by atoms with E-state index in [1.807, 2.05) is 35.9 Å². The average molecular weight is 228 g/mol. The number of rotatable bonds is 1. The average Bonchev–Trinajstić information content (AvgIpc) is 2.64. The second-order valence-corrected chi connectivity index (χ2v) is 4.01. The van der Waals surface area contributed by atoms with Crippen LogP contribution in [-0.2, 0) is 7.05 Å². The summed E-state index contributed by atoms with van der Waals surface area (Å²) in [7, 11) is 3.58. The summed E-state index contributed by atoms with van der Waals surface area (Å²) < 4.78 is 7.21. The third-order valence-electron chi connectivity index (χ3n) is 3.13. The number of fused-ring (bicyclic) bond motifs is 3. The minimum absolute atomic E-state index is 0.0682. The van der Waals surface area contributed by atoms with Crippen LogP contribution in [0.15, 0.2) is 35.3 Å². The summed E-state index contributed by atoms with van der Waals surface area (Å²) >= 11 is 0. The summed E-state index contributed by atoms with van der Waals surface area (Å²) in [6, 6.07) is 7.67. The van der Waals surface area contributed by atoms with Gasteiger partial charge in [-0.25, -0.2) is 0 Å². The third kappa shape index (κ3) is 1.27. The van der Waals surface area contributed by atoms with Gasteiger partial charge in [0, 0.05) is 24.1 Å². The Kier molecular flexibility index (Phi) is 1.98. The van der Waals surface area contributed by atoms with Gasteiger partial charge in [0.15, 0.2) is 0 Å². The number of nitrogens with one attached hydrogen (secondary N) is 1. The van der Waals surface area contributed by atoms with Crippen molar-refractivity contribution < 1.29 is 4.74 Å². The van der Waals surface area contributed by atoms with Crippen molar-refractivity contribution in [1.29, 1.82) is 0 Å². The van der Waals surface area contributed by atoms with E-state index < -0.39 is 0 Å². The van der Waals surface area contributed by atoms with E-state index in [4.69, 9.17) is 4.74 Å². The number of aromatic nitrogens is 2. The molecule has 1 aromatic carbocycles. The number of nitrogens with zero attached hydrogens (tertiary/aromatic N) is 1. The maximum Gasteiger partial charge on any atom is 0.258 e. The fourth-order valence-corrected chi connectivity index (χ4v) is 2.27. The van der Waals surface area contributed by atoms with Crippen LogP contribution in [0.25, 0.3) is 21.8 Å². The Balaban J connectivity index is 2.61. The molecule has 0 saturated heterocycles. The Morgan fingerprint density at radius 1 is 1.24 bits per heavy atom. The zero-order valence-electron chi connectivity index (χ0n) is 9.65. The van der Waals surface area contributed by atoms with E-state index in [1.54, 1.807) is 13.3 Å². The highest BCUT2D eigenvalue weighted by atomic mass is 16.5. The van der Waals surface area contributed by atoms with Crippen LogP contribution in [0.3, 0.4) is 0 Å². The second kappa shape index (κ2) is 3.38. The Hall–Kier alpha value is -2.23. The van der Waals surface area contributed by atoms with Gasteiger partial charge in [0.25, 0.3) is 5.56 Å². The first kappa shape index (κ1) is 9.96.